The average Bonchev–Trinajstić information content (AvgIpc) is 2.88. The Morgan fingerprint density at radius 3 is 2.07 bits per heavy atom. The Balaban J connectivity index is 0.000000523. The maximum absolute atomic E-state index is 11.9. The summed E-state index contributed by atoms with van der Waals surface area (Å²) in [7, 11) is -13.4. The van der Waals surface area contributed by atoms with Crippen molar-refractivity contribution in [2.75, 3.05) is 11.9 Å². The van der Waals surface area contributed by atoms with E-state index in [-0.39, 0.29) is 6.61 Å². The summed E-state index contributed by atoms with van der Waals surface area (Å²) < 4.78 is 116. The van der Waals surface area contributed by atoms with Crippen LogP contribution in [0.15, 0.2) is 47.7 Å². The number of hydrogen-bond donors (Lipinski definition) is 1. The van der Waals surface area contributed by atoms with Gasteiger partial charge < -0.3 is 8.86 Å². The Bertz CT molecular complexity index is 1430. The van der Waals surface area contributed by atoms with Crippen molar-refractivity contribution in [2.45, 2.75) is 63.5 Å². The highest BCUT2D eigenvalue weighted by Crippen LogP contribution is 2.36. The van der Waals surface area contributed by atoms with E-state index >= 15 is 0 Å². The number of unbranched alkanes of at least 4 members (excludes halogenated alkanes) is 3. The molecule has 2 aromatic rings. The number of ether oxygens (including phenoxy) is 1. The van der Waals surface area contributed by atoms with Crippen molar-refractivity contribution in [2.24, 2.45) is 4.99 Å². The number of aliphatic imine (C=N–C) groups is 1. The number of isocyanates is 1. The van der Waals surface area contributed by atoms with Crippen molar-refractivity contribution in [1.82, 2.24) is 0 Å². The Morgan fingerprint density at radius 2 is 1.56 bits per heavy atom. The number of pyridine rings is 1. The lowest BCUT2D eigenvalue weighted by atomic mass is 10.1. The number of halogens is 6. The third-order valence-corrected chi connectivity index (χ3v) is 8.00. The quantitative estimate of drug-likeness (QED) is 0.101. The largest absolute Gasteiger partial charge is 0.480 e. The van der Waals surface area contributed by atoms with Crippen LogP contribution in [0.25, 0.3) is 4.13 Å². The molecule has 1 N–H and O–H groups in total. The van der Waals surface area contributed by atoms with Crippen LogP contribution in [0.5, 0.6) is 0 Å². The zero-order chi connectivity index (χ0) is 32.9. The highest BCUT2D eigenvalue weighted by atomic mass is 32.3. The van der Waals surface area contributed by atoms with Gasteiger partial charge in [0.25, 0.3) is 0 Å². The van der Waals surface area contributed by atoms with E-state index in [0.29, 0.717) is 17.9 Å². The molecular weight excluding hydrogens is 634 g/mol. The predicted octanol–water partition coefficient (Wildman–Crippen LogP) is 5.68. The molecule has 0 unspecified atom stereocenters. The van der Waals surface area contributed by atoms with Gasteiger partial charge in [-0.25, -0.2) is 31.0 Å². The molecule has 1 aromatic carbocycles. The maximum atomic E-state index is 11.9. The number of hydrogen-bond acceptors (Lipinski definition) is 8. The molecule has 0 aliphatic heterocycles. The van der Waals surface area contributed by atoms with E-state index in [9.17, 15) is 52.8 Å². The summed E-state index contributed by atoms with van der Waals surface area (Å²) in [6.45, 7) is 4.88. The first kappa shape index (κ1) is 37.5. The van der Waals surface area contributed by atoms with Crippen LogP contribution >= 0.6 is 0 Å². The molecule has 2 rings (SSSR count). The fraction of sp³-hybridized carbons (Fsp3) is 0.458. The Kier molecular flexibility index (Phi) is 14.2. The number of nitrogens with one attached hydrogen (secondary N) is 1. The van der Waals surface area contributed by atoms with Crippen molar-refractivity contribution in [3.63, 3.8) is 0 Å². The van der Waals surface area contributed by atoms with Crippen LogP contribution < -0.4 is 9.88 Å². The Hall–Kier alpha value is -3.54. The zero-order valence-electron chi connectivity index (χ0n) is 22.8. The van der Waals surface area contributed by atoms with E-state index in [1.807, 2.05) is 23.9 Å². The monoisotopic (exact) mass is 662 g/mol. The second kappa shape index (κ2) is 16.3. The normalized spacial score (nSPS) is 12.0. The number of alkyl halides is 6. The van der Waals surface area contributed by atoms with Crippen LogP contribution in [0, 0.1) is 6.92 Å². The van der Waals surface area contributed by atoms with Crippen LogP contribution in [-0.4, -0.2) is 46.6 Å². The summed E-state index contributed by atoms with van der Waals surface area (Å²) in [4.78, 5) is 26.0. The topological polar surface area (TPSA) is 154 Å². The Labute approximate surface area is 244 Å². The van der Waals surface area contributed by atoms with Gasteiger partial charge in [-0.3, -0.25) is 5.32 Å². The molecule has 240 valence electrons. The lowest BCUT2D eigenvalue weighted by molar-refractivity contribution is -0.697. The van der Waals surface area contributed by atoms with Crippen molar-refractivity contribution in [1.29, 1.82) is 0 Å². The number of nitrogens with zero attached hydrogens (tertiary/aromatic N) is 3. The van der Waals surface area contributed by atoms with Gasteiger partial charge in [-0.1, -0.05) is 32.3 Å². The Morgan fingerprint density at radius 1 is 0.977 bits per heavy atom. The van der Waals surface area contributed by atoms with Gasteiger partial charge >= 0.3 is 17.1 Å². The highest BCUT2D eigenvalue weighted by Gasteiger charge is 2.46. The predicted molar refractivity (Wildman–Crippen MR) is 142 cm³/mol. The number of carbonyl (C=O) groups is 1. The van der Waals surface area contributed by atoms with E-state index in [4.69, 9.17) is 4.74 Å². The summed E-state index contributed by atoms with van der Waals surface area (Å²) in [5.74, 6) is 0. The molecule has 1 amide bonds. The lowest BCUT2D eigenvalue weighted by Crippen LogP contribution is -2.36. The minimum Gasteiger partial charge on any atom is -0.443 e. The molecule has 43 heavy (non-hydrogen) atoms. The van der Waals surface area contributed by atoms with Crippen LogP contribution in [0.3, 0.4) is 0 Å². The van der Waals surface area contributed by atoms with Gasteiger partial charge in [-0.05, 0) is 43.0 Å². The van der Waals surface area contributed by atoms with Crippen molar-refractivity contribution < 1.29 is 62.1 Å². The number of sulfonamides is 2. The van der Waals surface area contributed by atoms with Gasteiger partial charge in [-0.2, -0.15) is 31.3 Å². The molecule has 0 fully saturated rings. The number of rotatable bonds is 12. The van der Waals surface area contributed by atoms with Gasteiger partial charge in [0.2, 0.25) is 6.08 Å². The molecule has 0 radical (unpaired) electrons. The number of aromatic nitrogens is 1. The molecule has 0 saturated heterocycles. The fourth-order valence-electron chi connectivity index (χ4n) is 3.03. The van der Waals surface area contributed by atoms with Crippen molar-refractivity contribution >= 4 is 43.6 Å². The van der Waals surface area contributed by atoms with E-state index in [1.165, 1.54) is 37.3 Å². The average molecular weight is 663 g/mol. The number of aryl methyl sites for hydroxylation is 2. The first-order valence-corrected chi connectivity index (χ1v) is 15.2. The molecule has 0 atom stereocenters. The SMILES string of the molecule is CCCCCCc1cc[n+](CCOC(=O)Nc2ccc(C)c(N=C=O)c2)cc1.O=S(=O)([N-]S(=O)(=O)C(F)(F)F)C(F)(F)F. The van der Waals surface area contributed by atoms with Crippen LogP contribution in [0.2, 0.25) is 0 Å². The van der Waals surface area contributed by atoms with Gasteiger partial charge in [0.1, 0.15) is 0 Å². The van der Waals surface area contributed by atoms with Crippen molar-refractivity contribution in [3.05, 3.63) is 58.0 Å². The molecule has 0 spiro atoms. The van der Waals surface area contributed by atoms with E-state index in [2.05, 4.69) is 29.4 Å². The van der Waals surface area contributed by atoms with E-state index in [0.717, 1.165) is 16.1 Å². The van der Waals surface area contributed by atoms with E-state index < -0.39 is 37.2 Å². The number of carbonyl (C=O) groups excluding carboxylic acids is 2. The molecule has 11 nitrogen and oxygen atoms in total. The lowest BCUT2D eigenvalue weighted by Gasteiger charge is -2.22. The van der Waals surface area contributed by atoms with Crippen LogP contribution in [0.4, 0.5) is 42.5 Å². The van der Waals surface area contributed by atoms with Crippen LogP contribution in [-0.2, 0) is 42.5 Å². The summed E-state index contributed by atoms with van der Waals surface area (Å²) in [6.07, 6.45) is 11.1. The van der Waals surface area contributed by atoms with Gasteiger partial charge in [0.15, 0.2) is 45.6 Å². The van der Waals surface area contributed by atoms with Crippen molar-refractivity contribution in [3.8, 4) is 0 Å². The summed E-state index contributed by atoms with van der Waals surface area (Å²) >= 11 is 0. The molecule has 0 bridgehead atoms. The standard InChI is InChI=1S/C22H27N3O3.C2F6NO4S2/c1-3-4-5-6-7-19-10-12-25(13-11-19)14-15-28-22(27)24-20-9-8-18(2)21(16-20)23-17-26;3-1(4,5)14(10,11)9-15(12,13)2(6,7)8/h8-13,16H,3-7,14-15H2,1-2H3;/q;-1/p+1. The summed E-state index contributed by atoms with van der Waals surface area (Å²) in [5, 5.41) is 2.64. The first-order valence-electron chi connectivity index (χ1n) is 12.3. The van der Waals surface area contributed by atoms with Gasteiger partial charge in [-0.15, -0.1) is 0 Å². The number of benzene rings is 1. The number of amides is 1. The summed E-state index contributed by atoms with van der Waals surface area (Å²) in [6, 6.07) is 9.34. The first-order chi connectivity index (χ1) is 19.8. The van der Waals surface area contributed by atoms with Crippen LogP contribution in [0.1, 0.15) is 43.7 Å². The highest BCUT2D eigenvalue weighted by molar-refractivity contribution is 8.13. The maximum Gasteiger partial charge on any atom is 0.480 e. The molecule has 0 aliphatic rings. The summed E-state index contributed by atoms with van der Waals surface area (Å²) in [5.41, 5.74) is -9.26. The molecule has 1 heterocycles. The molecule has 1 aromatic heterocycles. The molecule has 0 aliphatic carbocycles. The minimum atomic E-state index is -6.72. The zero-order valence-corrected chi connectivity index (χ0v) is 24.4. The molecule has 0 saturated carbocycles. The van der Waals surface area contributed by atoms with Gasteiger partial charge in [0.05, 0.1) is 5.69 Å². The second-order valence-corrected chi connectivity index (χ2v) is 12.1. The fourth-order valence-corrected chi connectivity index (χ4v) is 4.74. The molecular formula is C24H28F6N4O7S2. The third kappa shape index (κ3) is 13.1. The van der Waals surface area contributed by atoms with Gasteiger partial charge in [0, 0.05) is 17.8 Å². The molecule has 19 heteroatoms. The minimum absolute atomic E-state index is 0.261. The smallest absolute Gasteiger partial charge is 0.443 e. The third-order valence-electron chi connectivity index (χ3n) is 5.26. The number of anilines is 1. The van der Waals surface area contributed by atoms with E-state index in [1.54, 1.807) is 18.2 Å². The second-order valence-electron chi connectivity index (χ2n) is 8.64.